The summed E-state index contributed by atoms with van der Waals surface area (Å²) in [6, 6.07) is 7.96. The molecular formula is C17H27N3OS. The minimum atomic E-state index is -0.558. The van der Waals surface area contributed by atoms with Crippen molar-refractivity contribution in [3.8, 4) is 0 Å². The van der Waals surface area contributed by atoms with Crippen LogP contribution in [-0.2, 0) is 0 Å². The van der Waals surface area contributed by atoms with Crippen LogP contribution in [-0.4, -0.2) is 41.7 Å². The summed E-state index contributed by atoms with van der Waals surface area (Å²) in [5.74, 6) is 2.06. The molecule has 2 unspecified atom stereocenters. The Morgan fingerprint density at radius 1 is 1.36 bits per heavy atom. The molecule has 1 aromatic rings. The van der Waals surface area contributed by atoms with Crippen LogP contribution in [0.25, 0.3) is 0 Å². The molecule has 2 rings (SSSR count). The summed E-state index contributed by atoms with van der Waals surface area (Å²) < 4.78 is 0. The number of aliphatic hydroxyl groups excluding tert-OH is 1. The highest BCUT2D eigenvalue weighted by Gasteiger charge is 2.15. The Balaban J connectivity index is 1.86. The largest absolute Gasteiger partial charge is 0.386 e. The van der Waals surface area contributed by atoms with Gasteiger partial charge in [-0.15, -0.1) is 0 Å². The fourth-order valence-electron chi connectivity index (χ4n) is 2.43. The molecule has 2 atom stereocenters. The van der Waals surface area contributed by atoms with Crippen LogP contribution in [0.4, 0.5) is 0 Å². The van der Waals surface area contributed by atoms with E-state index in [4.69, 9.17) is 0 Å². The number of thioether (sulfide) groups is 1. The molecule has 0 saturated carbocycles. The molecule has 0 spiro atoms. The molecule has 0 radical (unpaired) electrons. The molecular weight excluding hydrogens is 294 g/mol. The third-order valence-corrected chi connectivity index (χ3v) is 5.15. The third-order valence-electron chi connectivity index (χ3n) is 3.75. The summed E-state index contributed by atoms with van der Waals surface area (Å²) >= 11 is 2.03. The minimum absolute atomic E-state index is 0.371. The number of nitrogens with one attached hydrogen (secondary N) is 2. The van der Waals surface area contributed by atoms with E-state index in [1.165, 1.54) is 24.2 Å². The molecule has 1 aliphatic heterocycles. The Morgan fingerprint density at radius 2 is 2.14 bits per heavy atom. The minimum Gasteiger partial charge on any atom is -0.386 e. The molecule has 3 N–H and O–H groups in total. The van der Waals surface area contributed by atoms with Crippen molar-refractivity contribution < 1.29 is 5.11 Å². The fraction of sp³-hybridized carbons (Fsp3) is 0.588. The van der Waals surface area contributed by atoms with Gasteiger partial charge < -0.3 is 15.7 Å². The molecule has 1 aromatic carbocycles. The molecule has 122 valence electrons. The maximum atomic E-state index is 10.2. The zero-order valence-electron chi connectivity index (χ0n) is 13.5. The zero-order valence-corrected chi connectivity index (χ0v) is 14.3. The molecule has 1 fully saturated rings. The van der Waals surface area contributed by atoms with Gasteiger partial charge in [0.1, 0.15) is 0 Å². The van der Waals surface area contributed by atoms with Gasteiger partial charge in [0, 0.05) is 18.3 Å². The smallest absolute Gasteiger partial charge is 0.191 e. The Morgan fingerprint density at radius 3 is 2.77 bits per heavy atom. The summed E-state index contributed by atoms with van der Waals surface area (Å²) in [5.41, 5.74) is 2.11. The lowest BCUT2D eigenvalue weighted by atomic mass is 10.1. The van der Waals surface area contributed by atoms with Crippen LogP contribution in [0.3, 0.4) is 0 Å². The maximum Gasteiger partial charge on any atom is 0.191 e. The van der Waals surface area contributed by atoms with Crippen molar-refractivity contribution in [2.45, 2.75) is 38.0 Å². The van der Waals surface area contributed by atoms with Gasteiger partial charge in [-0.05, 0) is 38.0 Å². The van der Waals surface area contributed by atoms with Crippen molar-refractivity contribution in [1.82, 2.24) is 10.6 Å². The van der Waals surface area contributed by atoms with E-state index in [9.17, 15) is 5.11 Å². The first kappa shape index (κ1) is 17.2. The summed E-state index contributed by atoms with van der Waals surface area (Å²) in [5, 5.41) is 17.6. The Bertz CT molecular complexity index is 469. The van der Waals surface area contributed by atoms with E-state index in [1.54, 1.807) is 0 Å². The predicted molar refractivity (Wildman–Crippen MR) is 95.6 cm³/mol. The van der Waals surface area contributed by atoms with E-state index in [1.807, 2.05) is 43.0 Å². The van der Waals surface area contributed by atoms with Gasteiger partial charge >= 0.3 is 0 Å². The number of aliphatic imine (C=N–C) groups is 1. The monoisotopic (exact) mass is 321 g/mol. The number of rotatable bonds is 6. The summed E-state index contributed by atoms with van der Waals surface area (Å²) in [4.78, 5) is 4.51. The topological polar surface area (TPSA) is 56.7 Å². The highest BCUT2D eigenvalue weighted by molar-refractivity contribution is 8.00. The van der Waals surface area contributed by atoms with E-state index in [0.717, 1.165) is 24.6 Å². The molecule has 1 heterocycles. The first-order chi connectivity index (χ1) is 10.7. The fourth-order valence-corrected chi connectivity index (χ4v) is 3.63. The van der Waals surface area contributed by atoms with Crippen molar-refractivity contribution >= 4 is 17.7 Å². The lowest BCUT2D eigenvalue weighted by molar-refractivity contribution is 0.187. The van der Waals surface area contributed by atoms with E-state index in [-0.39, 0.29) is 0 Å². The van der Waals surface area contributed by atoms with Crippen LogP contribution in [0.2, 0.25) is 0 Å². The molecule has 22 heavy (non-hydrogen) atoms. The third kappa shape index (κ3) is 5.54. The van der Waals surface area contributed by atoms with Crippen molar-refractivity contribution in [3.63, 3.8) is 0 Å². The van der Waals surface area contributed by atoms with Crippen LogP contribution in [0, 0.1) is 6.92 Å². The van der Waals surface area contributed by atoms with Crippen molar-refractivity contribution in [2.75, 3.05) is 25.4 Å². The van der Waals surface area contributed by atoms with Crippen molar-refractivity contribution in [1.29, 1.82) is 0 Å². The Labute approximate surface area is 137 Å². The molecule has 0 bridgehead atoms. The molecule has 1 aliphatic rings. The van der Waals surface area contributed by atoms with Gasteiger partial charge in [0.2, 0.25) is 0 Å². The maximum absolute atomic E-state index is 10.2. The number of nitrogens with zero attached hydrogens (tertiary/aromatic N) is 1. The van der Waals surface area contributed by atoms with Crippen LogP contribution < -0.4 is 10.6 Å². The second-order valence-electron chi connectivity index (χ2n) is 5.66. The highest BCUT2D eigenvalue weighted by atomic mass is 32.2. The zero-order chi connectivity index (χ0) is 15.8. The molecule has 0 aliphatic carbocycles. The van der Waals surface area contributed by atoms with E-state index in [2.05, 4.69) is 22.5 Å². The Hall–Kier alpha value is -1.20. The van der Waals surface area contributed by atoms with Crippen LogP contribution in [0.1, 0.15) is 37.0 Å². The molecule has 4 nitrogen and oxygen atoms in total. The highest BCUT2D eigenvalue weighted by Crippen LogP contribution is 2.25. The van der Waals surface area contributed by atoms with Gasteiger partial charge in [-0.1, -0.05) is 29.8 Å². The Kier molecular flexibility index (Phi) is 7.06. The lowest BCUT2D eigenvalue weighted by Gasteiger charge is -2.15. The standard InChI is InChI=1S/C17H27N3OS/c1-3-18-17(19-11-15-5-4-10-22-15)20-12-16(21)14-8-6-13(2)7-9-14/h6-9,15-16,21H,3-5,10-12H2,1-2H3,(H2,18,19,20). The normalized spacial score (nSPS) is 20.0. The average molecular weight is 321 g/mol. The van der Waals surface area contributed by atoms with Crippen LogP contribution in [0.5, 0.6) is 0 Å². The van der Waals surface area contributed by atoms with Gasteiger partial charge in [0.05, 0.1) is 12.6 Å². The number of benzene rings is 1. The molecule has 0 amide bonds. The average Bonchev–Trinajstić information content (AvgIpc) is 3.04. The summed E-state index contributed by atoms with van der Waals surface area (Å²) in [6.07, 6.45) is 2.04. The second-order valence-corrected chi connectivity index (χ2v) is 7.07. The van der Waals surface area contributed by atoms with Gasteiger partial charge in [-0.3, -0.25) is 4.99 Å². The van der Waals surface area contributed by atoms with Crippen LogP contribution >= 0.6 is 11.8 Å². The molecule has 0 aromatic heterocycles. The van der Waals surface area contributed by atoms with Gasteiger partial charge in [-0.25, -0.2) is 0 Å². The second kappa shape index (κ2) is 9.06. The van der Waals surface area contributed by atoms with E-state index < -0.39 is 6.10 Å². The number of hydrogen-bond acceptors (Lipinski definition) is 3. The van der Waals surface area contributed by atoms with Gasteiger partial charge in [0.25, 0.3) is 0 Å². The number of aliphatic hydroxyl groups is 1. The van der Waals surface area contributed by atoms with Crippen molar-refractivity contribution in [2.24, 2.45) is 4.99 Å². The summed E-state index contributed by atoms with van der Waals surface area (Å²) in [7, 11) is 0. The quantitative estimate of drug-likeness (QED) is 0.556. The van der Waals surface area contributed by atoms with Gasteiger partial charge in [0.15, 0.2) is 5.96 Å². The van der Waals surface area contributed by atoms with E-state index in [0.29, 0.717) is 11.8 Å². The molecule has 1 saturated heterocycles. The first-order valence-corrected chi connectivity index (χ1v) is 9.12. The lowest BCUT2D eigenvalue weighted by Crippen LogP contribution is -2.40. The summed E-state index contributed by atoms with van der Waals surface area (Å²) in [6.45, 7) is 6.23. The predicted octanol–water partition coefficient (Wildman–Crippen LogP) is 2.48. The van der Waals surface area contributed by atoms with Crippen LogP contribution in [0.15, 0.2) is 29.3 Å². The number of hydrogen-bond donors (Lipinski definition) is 3. The number of guanidine groups is 1. The number of aryl methyl sites for hydroxylation is 1. The molecule has 5 heteroatoms. The van der Waals surface area contributed by atoms with E-state index >= 15 is 0 Å². The van der Waals surface area contributed by atoms with Crippen molar-refractivity contribution in [3.05, 3.63) is 35.4 Å². The van der Waals surface area contributed by atoms with Gasteiger partial charge in [-0.2, -0.15) is 11.8 Å². The first-order valence-electron chi connectivity index (χ1n) is 8.07. The SMILES string of the molecule is CCNC(=NCC(O)c1ccc(C)cc1)NCC1CCCS1.